The van der Waals surface area contributed by atoms with E-state index >= 15 is 0 Å². The van der Waals surface area contributed by atoms with Gasteiger partial charge in [-0.1, -0.05) is 43.2 Å². The molecule has 2 aromatic rings. The lowest BCUT2D eigenvalue weighted by atomic mass is 10.1. The summed E-state index contributed by atoms with van der Waals surface area (Å²) < 4.78 is 27.7. The maximum atomic E-state index is 11.6. The number of aryl methyl sites for hydroxylation is 2. The fourth-order valence-corrected chi connectivity index (χ4v) is 4.22. The van der Waals surface area contributed by atoms with E-state index in [9.17, 15) is 8.42 Å². The highest BCUT2D eigenvalue weighted by Gasteiger charge is 2.25. The zero-order valence-corrected chi connectivity index (χ0v) is 15.7. The van der Waals surface area contributed by atoms with E-state index < -0.39 is 16.1 Å². The van der Waals surface area contributed by atoms with Gasteiger partial charge in [-0.3, -0.25) is 0 Å². The Morgan fingerprint density at radius 2 is 1.92 bits per heavy atom. The van der Waals surface area contributed by atoms with Crippen molar-refractivity contribution in [1.82, 2.24) is 19.5 Å². The zero-order valence-electron chi connectivity index (χ0n) is 14.9. The topological polar surface area (TPSA) is 76.9 Å². The van der Waals surface area contributed by atoms with Crippen molar-refractivity contribution in [2.45, 2.75) is 57.5 Å². The molecule has 6 nitrogen and oxygen atoms in total. The highest BCUT2D eigenvalue weighted by Crippen LogP contribution is 2.32. The van der Waals surface area contributed by atoms with Gasteiger partial charge in [-0.25, -0.2) is 22.8 Å². The van der Waals surface area contributed by atoms with Crippen molar-refractivity contribution in [1.29, 1.82) is 0 Å². The van der Waals surface area contributed by atoms with Crippen molar-refractivity contribution in [2.75, 3.05) is 6.26 Å². The van der Waals surface area contributed by atoms with Gasteiger partial charge in [0, 0.05) is 12.5 Å². The molecule has 7 heteroatoms. The Morgan fingerprint density at radius 1 is 1.24 bits per heavy atom. The lowest BCUT2D eigenvalue weighted by molar-refractivity contribution is 0.519. The normalized spacial score (nSPS) is 17.0. The number of nitrogens with one attached hydrogen (secondary N) is 1. The number of sulfonamides is 1. The van der Waals surface area contributed by atoms with Gasteiger partial charge in [0.15, 0.2) is 5.82 Å². The van der Waals surface area contributed by atoms with Gasteiger partial charge in [-0.15, -0.1) is 0 Å². The standard InChI is InChI=1S/C18H26N4O2S/c1-14(21-25(2,23)24)18-19-17(16-10-6-7-11-16)20-22(18)13-12-15-8-4-3-5-9-15/h3-5,8-9,14,16,21H,6-7,10-13H2,1-2H3/t14-/m1/s1. The smallest absolute Gasteiger partial charge is 0.209 e. The molecular weight excluding hydrogens is 336 g/mol. The van der Waals surface area contributed by atoms with Gasteiger partial charge in [-0.05, 0) is 31.7 Å². The summed E-state index contributed by atoms with van der Waals surface area (Å²) in [6.07, 6.45) is 6.69. The van der Waals surface area contributed by atoms with Crippen LogP contribution in [-0.4, -0.2) is 29.4 Å². The minimum Gasteiger partial charge on any atom is -0.248 e. The van der Waals surface area contributed by atoms with Crippen molar-refractivity contribution < 1.29 is 8.42 Å². The Kier molecular flexibility index (Phi) is 5.54. The first-order valence-corrected chi connectivity index (χ1v) is 10.8. The van der Waals surface area contributed by atoms with Crippen LogP contribution >= 0.6 is 0 Å². The predicted octanol–water partition coefficient (Wildman–Crippen LogP) is 2.79. The quantitative estimate of drug-likeness (QED) is 0.822. The van der Waals surface area contributed by atoms with Crippen molar-refractivity contribution in [3.63, 3.8) is 0 Å². The molecule has 1 heterocycles. The van der Waals surface area contributed by atoms with Gasteiger partial charge in [0.1, 0.15) is 5.82 Å². The summed E-state index contributed by atoms with van der Waals surface area (Å²) in [5, 5.41) is 4.73. The van der Waals surface area contributed by atoms with E-state index in [2.05, 4.69) is 16.9 Å². The van der Waals surface area contributed by atoms with Gasteiger partial charge in [-0.2, -0.15) is 5.10 Å². The average Bonchev–Trinajstić information content (AvgIpc) is 3.21. The van der Waals surface area contributed by atoms with Crippen molar-refractivity contribution in [3.8, 4) is 0 Å². The molecule has 3 rings (SSSR count). The SMILES string of the molecule is C[C@@H](NS(C)(=O)=O)c1nc(C2CCCC2)nn1CCc1ccccc1. The summed E-state index contributed by atoms with van der Waals surface area (Å²) in [5.74, 6) is 1.97. The summed E-state index contributed by atoms with van der Waals surface area (Å²) in [5.41, 5.74) is 1.23. The van der Waals surface area contributed by atoms with Crippen LogP contribution in [0.4, 0.5) is 0 Å². The lowest BCUT2D eigenvalue weighted by Gasteiger charge is -2.13. The van der Waals surface area contributed by atoms with E-state index in [0.29, 0.717) is 18.3 Å². The molecule has 0 saturated heterocycles. The highest BCUT2D eigenvalue weighted by molar-refractivity contribution is 7.88. The van der Waals surface area contributed by atoms with E-state index in [0.717, 1.165) is 25.1 Å². The number of rotatable bonds is 7. The van der Waals surface area contributed by atoms with Crippen molar-refractivity contribution in [3.05, 3.63) is 47.5 Å². The second-order valence-electron chi connectivity index (χ2n) is 6.88. The first-order valence-electron chi connectivity index (χ1n) is 8.88. The maximum absolute atomic E-state index is 11.6. The van der Waals surface area contributed by atoms with Crippen molar-refractivity contribution >= 4 is 10.0 Å². The molecule has 1 fully saturated rings. The van der Waals surface area contributed by atoms with Crippen LogP contribution in [0, 0.1) is 0 Å². The van der Waals surface area contributed by atoms with Crippen LogP contribution in [0.5, 0.6) is 0 Å². The fraction of sp³-hybridized carbons (Fsp3) is 0.556. The van der Waals surface area contributed by atoms with Crippen LogP contribution in [-0.2, 0) is 23.0 Å². The molecule has 0 spiro atoms. The van der Waals surface area contributed by atoms with Crippen LogP contribution in [0.2, 0.25) is 0 Å². The molecule has 1 N–H and O–H groups in total. The van der Waals surface area contributed by atoms with Gasteiger partial charge in [0.05, 0.1) is 12.3 Å². The monoisotopic (exact) mass is 362 g/mol. The Hall–Kier alpha value is -1.73. The molecule has 1 saturated carbocycles. The molecular formula is C18H26N4O2S. The van der Waals surface area contributed by atoms with E-state index in [-0.39, 0.29) is 0 Å². The number of benzene rings is 1. The maximum Gasteiger partial charge on any atom is 0.209 e. The van der Waals surface area contributed by atoms with E-state index in [4.69, 9.17) is 10.1 Å². The van der Waals surface area contributed by atoms with Crippen LogP contribution in [0.1, 0.15) is 61.8 Å². The van der Waals surface area contributed by atoms with Crippen LogP contribution < -0.4 is 4.72 Å². The third kappa shape index (κ3) is 4.89. The molecule has 136 valence electrons. The first-order chi connectivity index (χ1) is 11.9. The first kappa shape index (κ1) is 18.1. The highest BCUT2D eigenvalue weighted by atomic mass is 32.2. The van der Waals surface area contributed by atoms with Gasteiger partial charge >= 0.3 is 0 Å². The molecule has 0 radical (unpaired) electrons. The van der Waals surface area contributed by atoms with E-state index in [1.54, 1.807) is 0 Å². The molecule has 0 bridgehead atoms. The molecule has 1 aliphatic carbocycles. The molecule has 1 aromatic carbocycles. The minimum atomic E-state index is -3.30. The second-order valence-corrected chi connectivity index (χ2v) is 8.66. The fourth-order valence-electron chi connectivity index (χ4n) is 3.47. The molecule has 0 unspecified atom stereocenters. The van der Waals surface area contributed by atoms with Crippen LogP contribution in [0.15, 0.2) is 30.3 Å². The zero-order chi connectivity index (χ0) is 17.9. The van der Waals surface area contributed by atoms with Gasteiger partial charge in [0.25, 0.3) is 0 Å². The average molecular weight is 362 g/mol. The molecule has 1 atom stereocenters. The summed E-state index contributed by atoms with van der Waals surface area (Å²) >= 11 is 0. The Morgan fingerprint density at radius 3 is 2.56 bits per heavy atom. The van der Waals surface area contributed by atoms with Gasteiger partial charge in [0.2, 0.25) is 10.0 Å². The summed E-state index contributed by atoms with van der Waals surface area (Å²) in [6, 6.07) is 9.83. The van der Waals surface area contributed by atoms with Crippen LogP contribution in [0.25, 0.3) is 0 Å². The molecule has 1 aliphatic rings. The van der Waals surface area contributed by atoms with Gasteiger partial charge < -0.3 is 0 Å². The second kappa shape index (κ2) is 7.66. The predicted molar refractivity (Wildman–Crippen MR) is 97.8 cm³/mol. The number of nitrogens with zero attached hydrogens (tertiary/aromatic N) is 3. The number of hydrogen-bond acceptors (Lipinski definition) is 4. The van der Waals surface area contributed by atoms with Crippen LogP contribution in [0.3, 0.4) is 0 Å². The Balaban J connectivity index is 1.82. The third-order valence-corrected chi connectivity index (χ3v) is 5.45. The number of aromatic nitrogens is 3. The molecule has 25 heavy (non-hydrogen) atoms. The summed E-state index contributed by atoms with van der Waals surface area (Å²) in [7, 11) is -3.30. The minimum absolute atomic E-state index is 0.395. The largest absolute Gasteiger partial charge is 0.248 e. The Labute approximate surface area is 149 Å². The Bertz CT molecular complexity index is 796. The van der Waals surface area contributed by atoms with E-state index in [1.807, 2.05) is 29.8 Å². The molecule has 0 amide bonds. The van der Waals surface area contributed by atoms with E-state index in [1.165, 1.54) is 24.7 Å². The lowest BCUT2D eigenvalue weighted by Crippen LogP contribution is -2.28. The molecule has 1 aromatic heterocycles. The number of hydrogen-bond donors (Lipinski definition) is 1. The molecule has 0 aliphatic heterocycles. The summed E-state index contributed by atoms with van der Waals surface area (Å²) in [6.45, 7) is 2.51. The van der Waals surface area contributed by atoms with Crippen molar-refractivity contribution in [2.24, 2.45) is 0 Å². The summed E-state index contributed by atoms with van der Waals surface area (Å²) in [4.78, 5) is 4.71. The third-order valence-electron chi connectivity index (χ3n) is 4.67.